The Bertz CT molecular complexity index is 477. The number of aliphatic hydroxyl groups excluding tert-OH is 1. The predicted octanol–water partition coefficient (Wildman–Crippen LogP) is 1.72. The summed E-state index contributed by atoms with van der Waals surface area (Å²) in [5.74, 6) is -0.0162. The maximum Gasteiger partial charge on any atom is 2.00 e. The fourth-order valence-electron chi connectivity index (χ4n) is 1.08. The average molecular weight is 535 g/mol. The minimum absolute atomic E-state index is 0. The maximum atomic E-state index is 11.5. The first-order chi connectivity index (χ1) is 10.4. The SMILES string of the molecule is CC(C)(CN)CN=Cc1cc(Br)ccc1[O-].CO.[Ag+].[C-]#N.[C-]#N.[Ni+2]. The molecule has 0 saturated carbocycles. The van der Waals surface area contributed by atoms with E-state index in [1.807, 2.05) is 13.8 Å². The van der Waals surface area contributed by atoms with Gasteiger partial charge >= 0.3 is 38.9 Å². The van der Waals surface area contributed by atoms with Crippen LogP contribution in [0.15, 0.2) is 27.7 Å². The van der Waals surface area contributed by atoms with Crippen molar-refractivity contribution in [2.45, 2.75) is 13.8 Å². The number of nitrogens with two attached hydrogens (primary N) is 1. The second kappa shape index (κ2) is 22.3. The molecular weight excluding hydrogens is 515 g/mol. The van der Waals surface area contributed by atoms with Crippen LogP contribution in [0.25, 0.3) is 0 Å². The summed E-state index contributed by atoms with van der Waals surface area (Å²) in [5, 5.41) is 31.0. The van der Waals surface area contributed by atoms with Gasteiger partial charge in [0.1, 0.15) is 0 Å². The molecule has 0 atom stereocenters. The van der Waals surface area contributed by atoms with Crippen molar-refractivity contribution in [3.05, 3.63) is 41.4 Å². The molecular formula is C15H20AgBrN4NiO2. The number of rotatable bonds is 4. The van der Waals surface area contributed by atoms with E-state index in [0.29, 0.717) is 18.7 Å². The molecule has 0 aliphatic rings. The van der Waals surface area contributed by atoms with Gasteiger partial charge < -0.3 is 39.6 Å². The molecule has 24 heavy (non-hydrogen) atoms. The number of aliphatic hydroxyl groups is 1. The number of hydrogen-bond donors (Lipinski definition) is 2. The molecule has 0 unspecified atom stereocenters. The maximum absolute atomic E-state index is 11.5. The fourth-order valence-corrected chi connectivity index (χ4v) is 1.45. The Kier molecular flexibility index (Phi) is 32.2. The standard InChI is InChI=1S/C12H17BrN2O.2CN.CH4O.Ag.Ni/c1-12(2,7-14)8-15-6-9-5-10(13)3-4-11(9)16;3*1-2;;/h3-6,16H,7-8,14H2,1-2H3;;;2H,1H3;;/q;2*-1;;+1;+2/p-1. The van der Waals surface area contributed by atoms with Gasteiger partial charge in [-0.25, -0.2) is 0 Å². The Morgan fingerprint density at radius 2 is 1.75 bits per heavy atom. The fraction of sp³-hybridized carbons (Fsp3) is 0.400. The van der Waals surface area contributed by atoms with Gasteiger partial charge in [-0.2, -0.15) is 0 Å². The van der Waals surface area contributed by atoms with E-state index in [1.54, 1.807) is 18.3 Å². The molecule has 3 N–H and O–H groups in total. The van der Waals surface area contributed by atoms with Crippen molar-refractivity contribution in [1.82, 2.24) is 0 Å². The summed E-state index contributed by atoms with van der Waals surface area (Å²) in [5.41, 5.74) is 6.17. The Hall–Kier alpha value is -0.696. The zero-order valence-electron chi connectivity index (χ0n) is 13.5. The van der Waals surface area contributed by atoms with Crippen molar-refractivity contribution in [2.75, 3.05) is 20.2 Å². The van der Waals surface area contributed by atoms with Gasteiger partial charge in [-0.15, -0.1) is 0 Å². The van der Waals surface area contributed by atoms with Crippen molar-refractivity contribution in [1.29, 1.82) is 10.5 Å². The second-order valence-electron chi connectivity index (χ2n) is 4.52. The van der Waals surface area contributed by atoms with Crippen LogP contribution in [0.1, 0.15) is 19.4 Å². The van der Waals surface area contributed by atoms with Gasteiger partial charge in [0.05, 0.1) is 0 Å². The summed E-state index contributed by atoms with van der Waals surface area (Å²) in [4.78, 5) is 4.26. The molecule has 0 aliphatic carbocycles. The molecule has 1 aromatic rings. The van der Waals surface area contributed by atoms with Crippen LogP contribution >= 0.6 is 15.9 Å². The van der Waals surface area contributed by atoms with E-state index in [2.05, 4.69) is 20.9 Å². The Morgan fingerprint density at radius 3 is 2.17 bits per heavy atom. The van der Waals surface area contributed by atoms with Gasteiger partial charge in [0, 0.05) is 24.3 Å². The first-order valence-electron chi connectivity index (χ1n) is 6.00. The molecule has 6 nitrogen and oxygen atoms in total. The van der Waals surface area contributed by atoms with E-state index < -0.39 is 0 Å². The summed E-state index contributed by atoms with van der Waals surface area (Å²) in [6.07, 6.45) is 1.62. The van der Waals surface area contributed by atoms with Crippen LogP contribution in [0.2, 0.25) is 0 Å². The summed E-state index contributed by atoms with van der Waals surface area (Å²) >= 11 is 3.32. The predicted molar refractivity (Wildman–Crippen MR) is 87.0 cm³/mol. The average Bonchev–Trinajstić information content (AvgIpc) is 2.56. The van der Waals surface area contributed by atoms with Crippen molar-refractivity contribution in [2.24, 2.45) is 16.1 Å². The van der Waals surface area contributed by atoms with Crippen molar-refractivity contribution < 1.29 is 49.1 Å². The molecule has 0 spiro atoms. The van der Waals surface area contributed by atoms with Gasteiger partial charge in [0.25, 0.3) is 0 Å². The van der Waals surface area contributed by atoms with Crippen LogP contribution in [-0.2, 0) is 38.9 Å². The molecule has 0 bridgehead atoms. The van der Waals surface area contributed by atoms with E-state index >= 15 is 0 Å². The molecule has 0 aromatic heterocycles. The van der Waals surface area contributed by atoms with Gasteiger partial charge in [0.2, 0.25) is 0 Å². The normalized spacial score (nSPS) is 8.58. The van der Waals surface area contributed by atoms with Crippen LogP contribution in [0.3, 0.4) is 0 Å². The van der Waals surface area contributed by atoms with Crippen LogP contribution in [0.4, 0.5) is 0 Å². The van der Waals surface area contributed by atoms with Crippen LogP contribution < -0.4 is 10.8 Å². The molecule has 1 rings (SSSR count). The Labute approximate surface area is 178 Å². The molecule has 0 amide bonds. The number of halogens is 1. The topological polar surface area (TPSA) is 129 Å². The van der Waals surface area contributed by atoms with E-state index in [-0.39, 0.29) is 50.0 Å². The quantitative estimate of drug-likeness (QED) is 0.345. The first-order valence-corrected chi connectivity index (χ1v) is 6.80. The number of benzene rings is 1. The van der Waals surface area contributed by atoms with Gasteiger partial charge in [-0.3, -0.25) is 4.99 Å². The van der Waals surface area contributed by atoms with Crippen LogP contribution in [0, 0.1) is 29.1 Å². The zero-order chi connectivity index (χ0) is 18.2. The molecule has 0 radical (unpaired) electrons. The monoisotopic (exact) mass is 532 g/mol. The minimum atomic E-state index is -0.0223. The number of aliphatic imine (C=N–C) groups is 1. The van der Waals surface area contributed by atoms with Crippen molar-refractivity contribution >= 4 is 22.1 Å². The zero-order valence-corrected chi connectivity index (χ0v) is 17.5. The molecule has 140 valence electrons. The van der Waals surface area contributed by atoms with Crippen molar-refractivity contribution in [3.63, 3.8) is 0 Å². The Balaban J connectivity index is -0.000000135. The van der Waals surface area contributed by atoms with Crippen molar-refractivity contribution in [3.8, 4) is 5.75 Å². The third-order valence-electron chi connectivity index (χ3n) is 2.27. The van der Waals surface area contributed by atoms with E-state index in [9.17, 15) is 5.11 Å². The molecule has 0 heterocycles. The molecule has 1 aromatic carbocycles. The van der Waals surface area contributed by atoms with E-state index in [1.165, 1.54) is 6.07 Å². The molecule has 9 heteroatoms. The summed E-state index contributed by atoms with van der Waals surface area (Å²) < 4.78 is 0.881. The first kappa shape index (κ1) is 34.6. The second-order valence-corrected chi connectivity index (χ2v) is 5.44. The van der Waals surface area contributed by atoms with E-state index in [0.717, 1.165) is 11.6 Å². The third-order valence-corrected chi connectivity index (χ3v) is 2.77. The van der Waals surface area contributed by atoms with Gasteiger partial charge in [-0.1, -0.05) is 41.6 Å². The summed E-state index contributed by atoms with van der Waals surface area (Å²) in [7, 11) is 1.00. The van der Waals surface area contributed by atoms with Crippen LogP contribution in [0.5, 0.6) is 5.75 Å². The summed E-state index contributed by atoms with van der Waals surface area (Å²) in [6, 6.07) is 5.02. The molecule has 0 fully saturated rings. The largest absolute Gasteiger partial charge is 2.00 e. The number of hydrogen-bond acceptors (Lipinski definition) is 6. The number of nitrogens with zero attached hydrogens (tertiary/aromatic N) is 3. The summed E-state index contributed by atoms with van der Waals surface area (Å²) in [6.45, 7) is 14.8. The molecule has 0 aliphatic heterocycles. The molecule has 0 saturated heterocycles. The van der Waals surface area contributed by atoms with E-state index in [4.69, 9.17) is 34.5 Å². The smallest absolute Gasteiger partial charge is 0.872 e. The van der Waals surface area contributed by atoms with Gasteiger partial charge in [-0.05, 0) is 29.7 Å². The third kappa shape index (κ3) is 17.7. The van der Waals surface area contributed by atoms with Crippen LogP contribution in [-0.4, -0.2) is 31.5 Å². The Morgan fingerprint density at radius 1 is 1.29 bits per heavy atom. The van der Waals surface area contributed by atoms with Gasteiger partial charge in [0.15, 0.2) is 0 Å². The minimum Gasteiger partial charge on any atom is -0.872 e.